The number of imidazole rings is 1. The molecule has 3 fully saturated rings. The van der Waals surface area contributed by atoms with Crippen LogP contribution in [0.15, 0.2) is 35.5 Å². The summed E-state index contributed by atoms with van der Waals surface area (Å²) in [5.41, 5.74) is 2.43. The lowest BCUT2D eigenvalue weighted by molar-refractivity contribution is 0.0927. The van der Waals surface area contributed by atoms with Gasteiger partial charge in [-0.1, -0.05) is 69.4 Å². The van der Waals surface area contributed by atoms with Crippen molar-refractivity contribution >= 4 is 32.8 Å². The maximum Gasteiger partial charge on any atom is 0.250 e. The largest absolute Gasteiger partial charge is 0.377 e. The number of hydrogen-bond donors (Lipinski definition) is 1. The summed E-state index contributed by atoms with van der Waals surface area (Å²) in [5.74, 6) is 3.44. The predicted molar refractivity (Wildman–Crippen MR) is 157 cm³/mol. The molecule has 216 valence electrons. The lowest BCUT2D eigenvalue weighted by atomic mass is 9.83. The first kappa shape index (κ1) is 27.4. The van der Waals surface area contributed by atoms with Gasteiger partial charge >= 0.3 is 0 Å². The molecule has 0 amide bonds. The summed E-state index contributed by atoms with van der Waals surface area (Å²) in [7, 11) is -3.61. The van der Waals surface area contributed by atoms with E-state index in [1.807, 2.05) is 6.07 Å². The van der Waals surface area contributed by atoms with Crippen LogP contribution in [0.25, 0.3) is 11.2 Å². The molecule has 0 spiro atoms. The van der Waals surface area contributed by atoms with E-state index in [9.17, 15) is 8.42 Å². The Bertz CT molecular complexity index is 1410. The summed E-state index contributed by atoms with van der Waals surface area (Å²) in [4.78, 5) is 16.5. The molecule has 0 radical (unpaired) electrons. The van der Waals surface area contributed by atoms with Crippen molar-refractivity contribution in [3.63, 3.8) is 0 Å². The van der Waals surface area contributed by atoms with Crippen LogP contribution in [0, 0.1) is 17.8 Å². The molecule has 40 heavy (non-hydrogen) atoms. The highest BCUT2D eigenvalue weighted by molar-refractivity contribution is 7.90. The molecule has 3 heterocycles. The number of ether oxygens (including phenoxy) is 1. The quantitative estimate of drug-likeness (QED) is 0.351. The number of sulfone groups is 1. The van der Waals surface area contributed by atoms with E-state index in [2.05, 4.69) is 55.9 Å². The van der Waals surface area contributed by atoms with E-state index in [0.717, 1.165) is 42.8 Å². The van der Waals surface area contributed by atoms with Gasteiger partial charge in [0.25, 0.3) is 5.16 Å². The van der Waals surface area contributed by atoms with Crippen molar-refractivity contribution in [3.8, 4) is 0 Å². The molecule has 1 aromatic carbocycles. The van der Waals surface area contributed by atoms with Gasteiger partial charge in [-0.2, -0.15) is 15.0 Å². The van der Waals surface area contributed by atoms with Gasteiger partial charge in [-0.3, -0.25) is 0 Å². The van der Waals surface area contributed by atoms with Gasteiger partial charge in [0, 0.05) is 25.9 Å². The Hall–Kier alpha value is -2.72. The highest BCUT2D eigenvalue weighted by atomic mass is 32.2. The molecular formula is C30H42N6O3S. The van der Waals surface area contributed by atoms with Gasteiger partial charge < -0.3 is 19.5 Å². The van der Waals surface area contributed by atoms with Crippen LogP contribution in [-0.4, -0.2) is 60.5 Å². The molecule has 2 aliphatic carbocycles. The van der Waals surface area contributed by atoms with E-state index in [-0.39, 0.29) is 11.2 Å². The first-order valence-electron chi connectivity index (χ1n) is 15.0. The fourth-order valence-electron chi connectivity index (χ4n) is 6.43. The number of nitrogens with one attached hydrogen (secondary N) is 1. The van der Waals surface area contributed by atoms with Crippen molar-refractivity contribution in [3.05, 3.63) is 35.9 Å². The van der Waals surface area contributed by atoms with Crippen LogP contribution in [0.5, 0.6) is 0 Å². The van der Waals surface area contributed by atoms with Gasteiger partial charge in [0.2, 0.25) is 15.8 Å². The van der Waals surface area contributed by atoms with Gasteiger partial charge in [0.1, 0.15) is 5.52 Å². The van der Waals surface area contributed by atoms with Crippen LogP contribution in [-0.2, 0) is 21.1 Å². The molecule has 2 saturated carbocycles. The van der Waals surface area contributed by atoms with Crippen molar-refractivity contribution in [2.45, 2.75) is 76.0 Å². The van der Waals surface area contributed by atoms with E-state index in [0.29, 0.717) is 37.1 Å². The Balaban J connectivity index is 1.45. The standard InChI is InChI=1S/C30H42N6O3S/c1-21-11-13-23(14-12-21)19-36-26-27(31-16-15-22-7-6-8-22)32-29(40(2,37)38)33-28(26)34-30(36)35-17-18-39-20-25(35)24-9-4-3-5-10-24/h3-5,9-10,21-23,25H,6-8,11-20H2,1-2H3,(H,31,32,33)/t21-,23-,25-/m0/s1. The highest BCUT2D eigenvalue weighted by Gasteiger charge is 2.32. The lowest BCUT2D eigenvalue weighted by Gasteiger charge is -2.37. The molecule has 1 aliphatic heterocycles. The van der Waals surface area contributed by atoms with E-state index < -0.39 is 9.84 Å². The number of fused-ring (bicyclic) bond motifs is 1. The topological polar surface area (TPSA) is 102 Å². The number of hydrogen-bond acceptors (Lipinski definition) is 8. The van der Waals surface area contributed by atoms with Crippen LogP contribution < -0.4 is 10.2 Å². The number of anilines is 2. The fourth-order valence-corrected chi connectivity index (χ4v) is 6.94. The third kappa shape index (κ3) is 5.84. The van der Waals surface area contributed by atoms with Crippen LogP contribution in [0.4, 0.5) is 11.8 Å². The molecule has 9 nitrogen and oxygen atoms in total. The summed E-state index contributed by atoms with van der Waals surface area (Å²) in [6, 6.07) is 10.4. The zero-order chi connectivity index (χ0) is 27.7. The normalized spacial score (nSPS) is 24.2. The van der Waals surface area contributed by atoms with Crippen molar-refractivity contribution in [2.75, 3.05) is 42.8 Å². The van der Waals surface area contributed by atoms with Gasteiger partial charge in [-0.05, 0) is 42.6 Å². The summed E-state index contributed by atoms with van der Waals surface area (Å²) < 4.78 is 33.5. The smallest absolute Gasteiger partial charge is 0.250 e. The minimum absolute atomic E-state index is 0.00857. The molecular weight excluding hydrogens is 524 g/mol. The third-order valence-corrected chi connectivity index (χ3v) is 9.96. The van der Waals surface area contributed by atoms with Gasteiger partial charge in [0.15, 0.2) is 11.5 Å². The first-order valence-corrected chi connectivity index (χ1v) is 16.9. The molecule has 3 aromatic rings. The maximum absolute atomic E-state index is 12.6. The van der Waals surface area contributed by atoms with Gasteiger partial charge in [-0.25, -0.2) is 8.42 Å². The second kappa shape index (κ2) is 11.6. The minimum Gasteiger partial charge on any atom is -0.377 e. The molecule has 1 N–H and O–H groups in total. The Morgan fingerprint density at radius 2 is 1.77 bits per heavy atom. The van der Waals surface area contributed by atoms with Crippen molar-refractivity contribution < 1.29 is 13.2 Å². The van der Waals surface area contributed by atoms with E-state index in [1.54, 1.807) is 0 Å². The molecule has 1 saturated heterocycles. The fraction of sp³-hybridized carbons (Fsp3) is 0.633. The van der Waals surface area contributed by atoms with Crippen LogP contribution in [0.3, 0.4) is 0 Å². The average molecular weight is 567 g/mol. The third-order valence-electron chi connectivity index (χ3n) is 9.11. The molecule has 10 heteroatoms. The van der Waals surface area contributed by atoms with E-state index >= 15 is 0 Å². The molecule has 0 bridgehead atoms. The predicted octanol–water partition coefficient (Wildman–Crippen LogP) is 5.24. The zero-order valence-electron chi connectivity index (χ0n) is 23.8. The SMILES string of the molecule is CS(=O)(=O)c1nc(NCCC2CCC2)c2c(n1)nc(N1CCOC[C@H]1c1ccccc1)n2C[C@H]1CC[C@H](C)CC1. The van der Waals surface area contributed by atoms with Crippen molar-refractivity contribution in [1.82, 2.24) is 19.5 Å². The van der Waals surface area contributed by atoms with Crippen molar-refractivity contribution in [2.24, 2.45) is 17.8 Å². The second-order valence-electron chi connectivity index (χ2n) is 12.2. The molecule has 1 atom stereocenters. The Labute approximate surface area is 237 Å². The monoisotopic (exact) mass is 566 g/mol. The second-order valence-corrected chi connectivity index (χ2v) is 14.1. The summed E-state index contributed by atoms with van der Waals surface area (Å²) in [6.07, 6.45) is 10.9. The van der Waals surface area contributed by atoms with E-state index in [1.165, 1.54) is 56.8 Å². The maximum atomic E-state index is 12.6. The number of morpholine rings is 1. The van der Waals surface area contributed by atoms with Gasteiger partial charge in [-0.15, -0.1) is 0 Å². The van der Waals surface area contributed by atoms with Crippen LogP contribution in [0.1, 0.15) is 69.9 Å². The van der Waals surface area contributed by atoms with E-state index in [4.69, 9.17) is 9.72 Å². The van der Waals surface area contributed by atoms with Crippen LogP contribution >= 0.6 is 0 Å². The first-order chi connectivity index (χ1) is 19.4. The molecule has 6 rings (SSSR count). The number of benzene rings is 1. The lowest BCUT2D eigenvalue weighted by Crippen LogP contribution is -2.41. The number of nitrogens with zero attached hydrogens (tertiary/aromatic N) is 5. The van der Waals surface area contributed by atoms with Crippen LogP contribution in [0.2, 0.25) is 0 Å². The Morgan fingerprint density at radius 1 is 1.00 bits per heavy atom. The zero-order valence-corrected chi connectivity index (χ0v) is 24.6. The molecule has 3 aliphatic rings. The summed E-state index contributed by atoms with van der Waals surface area (Å²) >= 11 is 0. The van der Waals surface area contributed by atoms with Gasteiger partial charge in [0.05, 0.1) is 19.3 Å². The number of aromatic nitrogens is 4. The summed E-state index contributed by atoms with van der Waals surface area (Å²) in [6.45, 7) is 5.79. The highest BCUT2D eigenvalue weighted by Crippen LogP contribution is 2.37. The Kier molecular flexibility index (Phi) is 7.99. The Morgan fingerprint density at radius 3 is 2.48 bits per heavy atom. The average Bonchev–Trinajstić information content (AvgIpc) is 3.29. The molecule has 2 aromatic heterocycles. The molecule has 0 unspecified atom stereocenters. The summed E-state index contributed by atoms with van der Waals surface area (Å²) in [5, 5.41) is 3.35. The van der Waals surface area contributed by atoms with Crippen molar-refractivity contribution in [1.29, 1.82) is 0 Å². The minimum atomic E-state index is -3.61. The number of rotatable bonds is 9.